The van der Waals surface area contributed by atoms with Crippen molar-refractivity contribution in [1.29, 1.82) is 0 Å². The van der Waals surface area contributed by atoms with Crippen LogP contribution in [0.3, 0.4) is 0 Å². The minimum Gasteiger partial charge on any atom is -0.351 e. The second kappa shape index (κ2) is 10.9. The van der Waals surface area contributed by atoms with Crippen LogP contribution in [0, 0.1) is 6.92 Å². The van der Waals surface area contributed by atoms with Gasteiger partial charge in [-0.05, 0) is 45.7 Å². The largest absolute Gasteiger partial charge is 0.420 e. The van der Waals surface area contributed by atoms with Crippen molar-refractivity contribution in [2.75, 3.05) is 24.7 Å². The molecule has 2 N–H and O–H groups in total. The number of hydrogen-bond donors (Lipinski definition) is 2. The smallest absolute Gasteiger partial charge is 0.351 e. The minimum absolute atomic E-state index is 0. The Kier molecular flexibility index (Phi) is 7.93. The van der Waals surface area contributed by atoms with Crippen molar-refractivity contribution in [3.8, 4) is 17.1 Å². The van der Waals surface area contributed by atoms with Gasteiger partial charge in [0, 0.05) is 40.4 Å². The van der Waals surface area contributed by atoms with E-state index in [0.717, 1.165) is 6.26 Å². The highest BCUT2D eigenvalue weighted by molar-refractivity contribution is 7.88. The number of nitrogens with one attached hydrogen (secondary N) is 2. The molecule has 11 nitrogen and oxygen atoms in total. The summed E-state index contributed by atoms with van der Waals surface area (Å²) in [7, 11) is -3.31. The highest BCUT2D eigenvalue weighted by Gasteiger charge is 2.36. The van der Waals surface area contributed by atoms with Crippen molar-refractivity contribution in [3.05, 3.63) is 47.8 Å². The van der Waals surface area contributed by atoms with E-state index < -0.39 is 27.5 Å². The third-order valence-corrected chi connectivity index (χ3v) is 7.47. The molecule has 3 aromatic heterocycles. The van der Waals surface area contributed by atoms with E-state index in [9.17, 15) is 26.4 Å². The fraction of sp³-hybridized carbons (Fsp3) is 0.458. The lowest BCUT2D eigenvalue weighted by Crippen LogP contribution is -2.42. The van der Waals surface area contributed by atoms with Crippen molar-refractivity contribution >= 4 is 21.9 Å². The first-order chi connectivity index (χ1) is 18.2. The number of nitrogens with zero attached hydrogens (tertiary/aromatic N) is 6. The topological polar surface area (TPSA) is 135 Å². The van der Waals surface area contributed by atoms with E-state index >= 15 is 0 Å². The molecule has 0 spiro atoms. The number of aromatic nitrogens is 5. The number of imidazole rings is 1. The molecule has 0 aromatic carbocycles. The molecule has 0 unspecified atom stereocenters. The molecule has 39 heavy (non-hydrogen) atoms. The van der Waals surface area contributed by atoms with Gasteiger partial charge < -0.3 is 15.2 Å². The van der Waals surface area contributed by atoms with Crippen LogP contribution in [0.5, 0.6) is 0 Å². The van der Waals surface area contributed by atoms with Crippen LogP contribution in [0.15, 0.2) is 30.9 Å². The number of carbonyl (C=O) groups is 1. The first-order valence-corrected chi connectivity index (χ1v) is 14.1. The van der Waals surface area contributed by atoms with Gasteiger partial charge in [0.2, 0.25) is 16.0 Å². The Morgan fingerprint density at radius 2 is 1.85 bits per heavy atom. The molecule has 0 bridgehead atoms. The molecule has 0 atom stereocenters. The SMILES string of the molecule is Cc1nc(C(=O)NC(C)C)ccc1-n1cnc(-c2nc(NC3CCN(S(C)(=O)=O)CC3)ncc2C(F)(F)F)c1.[HH].[HH]. The maximum atomic E-state index is 13.8. The van der Waals surface area contributed by atoms with Crippen molar-refractivity contribution in [2.24, 2.45) is 0 Å². The Labute approximate surface area is 226 Å². The van der Waals surface area contributed by atoms with Gasteiger partial charge in [-0.2, -0.15) is 13.2 Å². The summed E-state index contributed by atoms with van der Waals surface area (Å²) in [6.07, 6.45) is 0.803. The molecule has 1 fully saturated rings. The van der Waals surface area contributed by atoms with Crippen LogP contribution >= 0.6 is 0 Å². The number of alkyl halides is 3. The van der Waals surface area contributed by atoms with Crippen molar-refractivity contribution in [3.63, 3.8) is 0 Å². The summed E-state index contributed by atoms with van der Waals surface area (Å²) in [4.78, 5) is 28.8. The molecule has 0 saturated carbocycles. The van der Waals surface area contributed by atoms with Crippen LogP contribution in [-0.4, -0.2) is 74.6 Å². The summed E-state index contributed by atoms with van der Waals surface area (Å²) >= 11 is 0. The molecular formula is C24H33F3N8O3S. The van der Waals surface area contributed by atoms with E-state index in [2.05, 4.69) is 30.6 Å². The standard InChI is InChI=1S/C24H29F3N8O3S.2H2/c1-14(2)30-22(36)18-5-6-20(15(3)31-18)34-12-19(29-13-34)21-17(24(25,26)27)11-28-23(33-21)32-16-7-9-35(10-8-16)39(4,37)38;;/h5-6,11-14,16H,7-10H2,1-4H3,(H,30,36)(H,28,32,33);2*1H. The predicted molar refractivity (Wildman–Crippen MR) is 142 cm³/mol. The summed E-state index contributed by atoms with van der Waals surface area (Å²) in [5, 5.41) is 5.78. The molecule has 1 aliphatic rings. The fourth-order valence-electron chi connectivity index (χ4n) is 4.23. The molecule has 15 heteroatoms. The molecule has 0 aliphatic carbocycles. The van der Waals surface area contributed by atoms with Gasteiger partial charge in [-0.15, -0.1) is 0 Å². The number of anilines is 1. The Balaban J connectivity index is 0.00000294. The quantitative estimate of drug-likeness (QED) is 0.441. The second-order valence-electron chi connectivity index (χ2n) is 9.63. The third kappa shape index (κ3) is 6.71. The van der Waals surface area contributed by atoms with Gasteiger partial charge >= 0.3 is 6.18 Å². The Morgan fingerprint density at radius 1 is 1.15 bits per heavy atom. The van der Waals surface area contributed by atoms with E-state index in [1.807, 2.05) is 13.8 Å². The number of aryl methyl sites for hydroxylation is 1. The number of rotatable bonds is 7. The molecular weight excluding hydrogens is 537 g/mol. The van der Waals surface area contributed by atoms with Gasteiger partial charge in [-0.3, -0.25) is 4.79 Å². The first kappa shape index (κ1) is 28.4. The average Bonchev–Trinajstić information content (AvgIpc) is 3.32. The van der Waals surface area contributed by atoms with Gasteiger partial charge in [-0.25, -0.2) is 32.7 Å². The Bertz CT molecular complexity index is 1480. The van der Waals surface area contributed by atoms with Crippen LogP contribution in [0.2, 0.25) is 0 Å². The van der Waals surface area contributed by atoms with Gasteiger partial charge in [0.15, 0.2) is 0 Å². The highest BCUT2D eigenvalue weighted by atomic mass is 32.2. The van der Waals surface area contributed by atoms with E-state index in [1.54, 1.807) is 13.0 Å². The molecule has 1 amide bonds. The number of piperidine rings is 1. The summed E-state index contributed by atoms with van der Waals surface area (Å²) in [5.41, 5.74) is -0.226. The van der Waals surface area contributed by atoms with E-state index in [-0.39, 0.29) is 38.2 Å². The van der Waals surface area contributed by atoms with Gasteiger partial charge in [0.1, 0.15) is 29.0 Å². The molecule has 0 radical (unpaired) electrons. The summed E-state index contributed by atoms with van der Waals surface area (Å²) in [5.74, 6) is -0.340. The van der Waals surface area contributed by atoms with Crippen LogP contribution in [0.25, 0.3) is 17.1 Å². The summed E-state index contributed by atoms with van der Waals surface area (Å²) in [6, 6.07) is 2.91. The Morgan fingerprint density at radius 3 is 2.44 bits per heavy atom. The molecule has 4 rings (SSSR count). The molecule has 1 saturated heterocycles. The van der Waals surface area contributed by atoms with Crippen LogP contribution in [0.1, 0.15) is 51.3 Å². The second-order valence-corrected chi connectivity index (χ2v) is 11.6. The first-order valence-electron chi connectivity index (χ1n) is 12.2. The maximum Gasteiger partial charge on any atom is 0.420 e. The van der Waals surface area contributed by atoms with Crippen molar-refractivity contribution < 1.29 is 29.2 Å². The molecule has 3 aromatic rings. The van der Waals surface area contributed by atoms with Gasteiger partial charge in [0.25, 0.3) is 5.91 Å². The lowest BCUT2D eigenvalue weighted by molar-refractivity contribution is -0.137. The monoisotopic (exact) mass is 570 g/mol. The van der Waals surface area contributed by atoms with Crippen LogP contribution < -0.4 is 10.6 Å². The number of amides is 1. The lowest BCUT2D eigenvalue weighted by Gasteiger charge is -2.30. The molecule has 4 heterocycles. The zero-order chi connectivity index (χ0) is 28.5. The Hall–Kier alpha value is -3.59. The van der Waals surface area contributed by atoms with Crippen LogP contribution in [0.4, 0.5) is 19.1 Å². The van der Waals surface area contributed by atoms with E-state index in [1.165, 1.54) is 27.5 Å². The van der Waals surface area contributed by atoms with Gasteiger partial charge in [-0.1, -0.05) is 0 Å². The van der Waals surface area contributed by atoms with Crippen LogP contribution in [-0.2, 0) is 16.2 Å². The summed E-state index contributed by atoms with van der Waals surface area (Å²) in [6.45, 7) is 5.93. The summed E-state index contributed by atoms with van der Waals surface area (Å²) < 4.78 is 67.9. The number of sulfonamides is 1. The zero-order valence-electron chi connectivity index (χ0n) is 21.8. The van der Waals surface area contributed by atoms with Crippen molar-refractivity contribution in [2.45, 2.75) is 51.9 Å². The molecule has 214 valence electrons. The number of halogens is 3. The minimum atomic E-state index is -4.72. The van der Waals surface area contributed by atoms with Gasteiger partial charge in [0.05, 0.1) is 17.6 Å². The fourth-order valence-corrected chi connectivity index (χ4v) is 5.11. The number of pyridine rings is 1. The number of carbonyl (C=O) groups excluding carboxylic acids is 1. The predicted octanol–water partition coefficient (Wildman–Crippen LogP) is 3.52. The van der Waals surface area contributed by atoms with E-state index in [4.69, 9.17) is 0 Å². The van der Waals surface area contributed by atoms with Crippen molar-refractivity contribution in [1.82, 2.24) is 34.1 Å². The number of hydrogen-bond acceptors (Lipinski definition) is 8. The average molecular weight is 571 g/mol. The highest BCUT2D eigenvalue weighted by Crippen LogP contribution is 2.36. The maximum absolute atomic E-state index is 13.8. The molecule has 1 aliphatic heterocycles. The zero-order valence-corrected chi connectivity index (χ0v) is 22.6. The van der Waals surface area contributed by atoms with E-state index in [0.29, 0.717) is 43.5 Å². The normalized spacial score (nSPS) is 15.5. The lowest BCUT2D eigenvalue weighted by atomic mass is 10.1. The third-order valence-electron chi connectivity index (χ3n) is 6.16.